The number of aryl methyl sites for hydroxylation is 2. The number of benzene rings is 2. The molecule has 2 N–H and O–H groups in total. The van der Waals surface area contributed by atoms with Gasteiger partial charge in [-0.15, -0.1) is 0 Å². The molecule has 1 atom stereocenters. The smallest absolute Gasteiger partial charge is 0.0314 e. The van der Waals surface area contributed by atoms with Crippen LogP contribution in [0.25, 0.3) is 5.70 Å². The highest BCUT2D eigenvalue weighted by atomic mass is 14.6. The summed E-state index contributed by atoms with van der Waals surface area (Å²) in [6.45, 7) is 6.13. The van der Waals surface area contributed by atoms with E-state index in [1.807, 2.05) is 0 Å². The lowest BCUT2D eigenvalue weighted by atomic mass is 9.88. The number of fused-ring (bicyclic) bond motifs is 2. The van der Waals surface area contributed by atoms with Crippen molar-refractivity contribution in [2.75, 3.05) is 0 Å². The SMILES string of the molecule is C=C(N)c1ccc2c(c1)C(C)c1ccccc1CC2. The van der Waals surface area contributed by atoms with Gasteiger partial charge < -0.3 is 5.73 Å². The predicted octanol–water partition coefficient (Wildman–Crippen LogP) is 3.87. The van der Waals surface area contributed by atoms with E-state index in [1.54, 1.807) is 0 Å². The molecule has 0 bridgehead atoms. The summed E-state index contributed by atoms with van der Waals surface area (Å²) in [5, 5.41) is 0. The van der Waals surface area contributed by atoms with Crippen LogP contribution in [0.4, 0.5) is 0 Å². The van der Waals surface area contributed by atoms with Gasteiger partial charge in [-0.3, -0.25) is 0 Å². The standard InChI is InChI=1S/C18H19N/c1-12-17-6-4-3-5-14(17)7-8-15-9-10-16(13(2)19)11-18(12)15/h3-6,9-12H,2,7-8,19H2,1H3. The first-order chi connectivity index (χ1) is 9.16. The quantitative estimate of drug-likeness (QED) is 0.815. The van der Waals surface area contributed by atoms with Gasteiger partial charge in [-0.25, -0.2) is 0 Å². The number of hydrogen-bond acceptors (Lipinski definition) is 1. The highest BCUT2D eigenvalue weighted by molar-refractivity contribution is 5.62. The van der Waals surface area contributed by atoms with Gasteiger partial charge in [0, 0.05) is 11.6 Å². The zero-order valence-corrected chi connectivity index (χ0v) is 11.3. The zero-order valence-electron chi connectivity index (χ0n) is 11.3. The van der Waals surface area contributed by atoms with Crippen LogP contribution < -0.4 is 5.73 Å². The van der Waals surface area contributed by atoms with Crippen LogP contribution in [0.15, 0.2) is 49.0 Å². The molecule has 1 nitrogen and oxygen atoms in total. The Hall–Kier alpha value is -2.02. The Morgan fingerprint density at radius 2 is 1.74 bits per heavy atom. The fourth-order valence-corrected chi connectivity index (χ4v) is 3.05. The van der Waals surface area contributed by atoms with Crippen molar-refractivity contribution in [3.8, 4) is 0 Å². The van der Waals surface area contributed by atoms with Gasteiger partial charge in [0.1, 0.15) is 0 Å². The summed E-state index contributed by atoms with van der Waals surface area (Å²) in [5.74, 6) is 0.424. The van der Waals surface area contributed by atoms with Crippen molar-refractivity contribution < 1.29 is 0 Å². The largest absolute Gasteiger partial charge is 0.399 e. The van der Waals surface area contributed by atoms with Crippen molar-refractivity contribution >= 4 is 5.70 Å². The second kappa shape index (κ2) is 4.58. The minimum absolute atomic E-state index is 0.424. The molecule has 96 valence electrons. The first-order valence-corrected chi connectivity index (χ1v) is 6.82. The average Bonchev–Trinajstić information content (AvgIpc) is 2.57. The van der Waals surface area contributed by atoms with E-state index < -0.39 is 0 Å². The summed E-state index contributed by atoms with van der Waals surface area (Å²) in [4.78, 5) is 0. The predicted molar refractivity (Wildman–Crippen MR) is 81.0 cm³/mol. The molecular weight excluding hydrogens is 230 g/mol. The monoisotopic (exact) mass is 249 g/mol. The van der Waals surface area contributed by atoms with Gasteiger partial charge in [-0.2, -0.15) is 0 Å². The zero-order chi connectivity index (χ0) is 13.4. The van der Waals surface area contributed by atoms with Gasteiger partial charge in [0.25, 0.3) is 0 Å². The topological polar surface area (TPSA) is 26.0 Å². The molecule has 2 aromatic rings. The van der Waals surface area contributed by atoms with Crippen molar-refractivity contribution in [2.45, 2.75) is 25.7 Å². The molecule has 0 aromatic heterocycles. The summed E-state index contributed by atoms with van der Waals surface area (Å²) in [5.41, 5.74) is 13.3. The summed E-state index contributed by atoms with van der Waals surface area (Å²) in [6, 6.07) is 15.3. The second-order valence-corrected chi connectivity index (χ2v) is 5.36. The fourth-order valence-electron chi connectivity index (χ4n) is 3.05. The molecule has 0 aliphatic heterocycles. The Kier molecular flexibility index (Phi) is 2.90. The lowest BCUT2D eigenvalue weighted by Crippen LogP contribution is -2.02. The van der Waals surface area contributed by atoms with Gasteiger partial charge in [-0.1, -0.05) is 49.9 Å². The summed E-state index contributed by atoms with van der Waals surface area (Å²) < 4.78 is 0. The Morgan fingerprint density at radius 1 is 1.05 bits per heavy atom. The normalized spacial score (nSPS) is 17.2. The minimum Gasteiger partial charge on any atom is -0.399 e. The summed E-state index contributed by atoms with van der Waals surface area (Å²) >= 11 is 0. The van der Waals surface area contributed by atoms with E-state index in [2.05, 4.69) is 56.0 Å². The van der Waals surface area contributed by atoms with Crippen LogP contribution in [-0.4, -0.2) is 0 Å². The number of rotatable bonds is 1. The first kappa shape index (κ1) is 12.0. The molecule has 0 saturated heterocycles. The molecule has 19 heavy (non-hydrogen) atoms. The van der Waals surface area contributed by atoms with Crippen LogP contribution in [0, 0.1) is 0 Å². The molecule has 0 radical (unpaired) electrons. The van der Waals surface area contributed by atoms with Crippen LogP contribution >= 0.6 is 0 Å². The molecule has 1 unspecified atom stereocenters. The molecular formula is C18H19N. The Morgan fingerprint density at radius 3 is 2.47 bits per heavy atom. The molecule has 0 heterocycles. The van der Waals surface area contributed by atoms with Crippen LogP contribution in [0.1, 0.15) is 40.7 Å². The molecule has 3 rings (SSSR count). The Balaban J connectivity index is 2.15. The molecule has 1 heteroatoms. The first-order valence-electron chi connectivity index (χ1n) is 6.82. The van der Waals surface area contributed by atoms with Gasteiger partial charge in [0.05, 0.1) is 0 Å². The summed E-state index contributed by atoms with van der Waals surface area (Å²) in [6.07, 6.45) is 2.23. The second-order valence-electron chi connectivity index (χ2n) is 5.36. The third-order valence-corrected chi connectivity index (χ3v) is 4.17. The van der Waals surface area contributed by atoms with Gasteiger partial charge >= 0.3 is 0 Å². The van der Waals surface area contributed by atoms with E-state index in [0.717, 1.165) is 18.4 Å². The van der Waals surface area contributed by atoms with Gasteiger partial charge in [0.15, 0.2) is 0 Å². The van der Waals surface area contributed by atoms with Crippen LogP contribution in [-0.2, 0) is 12.8 Å². The van der Waals surface area contributed by atoms with Gasteiger partial charge in [0.2, 0.25) is 0 Å². The van der Waals surface area contributed by atoms with E-state index in [-0.39, 0.29) is 0 Å². The lowest BCUT2D eigenvalue weighted by Gasteiger charge is -2.16. The molecule has 0 spiro atoms. The molecule has 0 amide bonds. The maximum absolute atomic E-state index is 5.83. The third kappa shape index (κ3) is 2.06. The van der Waals surface area contributed by atoms with Crippen LogP contribution in [0.5, 0.6) is 0 Å². The van der Waals surface area contributed by atoms with Crippen LogP contribution in [0.2, 0.25) is 0 Å². The Labute approximate surface area is 114 Å². The van der Waals surface area contributed by atoms with E-state index >= 15 is 0 Å². The third-order valence-electron chi connectivity index (χ3n) is 4.17. The Bertz CT molecular complexity index is 640. The number of hydrogen-bond donors (Lipinski definition) is 1. The molecule has 0 fully saturated rings. The maximum atomic E-state index is 5.83. The fraction of sp³-hybridized carbons (Fsp3) is 0.222. The van der Waals surface area contributed by atoms with Crippen molar-refractivity contribution in [1.29, 1.82) is 0 Å². The van der Waals surface area contributed by atoms with Crippen molar-refractivity contribution in [2.24, 2.45) is 5.73 Å². The average molecular weight is 249 g/mol. The van der Waals surface area contributed by atoms with E-state index in [4.69, 9.17) is 5.73 Å². The molecule has 0 saturated carbocycles. The molecule has 1 aliphatic carbocycles. The van der Waals surface area contributed by atoms with Crippen LogP contribution in [0.3, 0.4) is 0 Å². The minimum atomic E-state index is 0.424. The molecule has 1 aliphatic rings. The van der Waals surface area contributed by atoms with Crippen molar-refractivity contribution in [3.05, 3.63) is 76.9 Å². The highest BCUT2D eigenvalue weighted by Gasteiger charge is 2.20. The molecule has 2 aromatic carbocycles. The van der Waals surface area contributed by atoms with Crippen molar-refractivity contribution in [1.82, 2.24) is 0 Å². The lowest BCUT2D eigenvalue weighted by molar-refractivity contribution is 0.912. The van der Waals surface area contributed by atoms with Gasteiger partial charge in [-0.05, 0) is 46.7 Å². The maximum Gasteiger partial charge on any atom is 0.0314 e. The van der Waals surface area contributed by atoms with Crippen molar-refractivity contribution in [3.63, 3.8) is 0 Å². The van der Waals surface area contributed by atoms with E-state index in [9.17, 15) is 0 Å². The highest BCUT2D eigenvalue weighted by Crippen LogP contribution is 2.34. The van der Waals surface area contributed by atoms with E-state index in [0.29, 0.717) is 11.6 Å². The summed E-state index contributed by atoms with van der Waals surface area (Å²) in [7, 11) is 0. The number of nitrogens with two attached hydrogens (primary N) is 1. The van der Waals surface area contributed by atoms with E-state index in [1.165, 1.54) is 22.3 Å².